The van der Waals surface area contributed by atoms with Crippen LogP contribution >= 0.6 is 0 Å². The standard InChI is InChI=1S/C16H22N2O2/c1-4-18(3)11-10-17-16(20)15-9-5-7-14(13(15)2)8-6-12-19/h5,7,9,19H,4,10-12H2,1-3H3,(H,17,20). The zero-order valence-corrected chi connectivity index (χ0v) is 12.4. The number of nitrogens with one attached hydrogen (secondary N) is 1. The van der Waals surface area contributed by atoms with Crippen LogP contribution in [0.2, 0.25) is 0 Å². The third kappa shape index (κ3) is 4.69. The number of hydrogen-bond acceptors (Lipinski definition) is 3. The highest BCUT2D eigenvalue weighted by Gasteiger charge is 2.10. The molecule has 1 aromatic rings. The Bertz CT molecular complexity index is 515. The monoisotopic (exact) mass is 274 g/mol. The van der Waals surface area contributed by atoms with Crippen LogP contribution in [0.25, 0.3) is 0 Å². The largest absolute Gasteiger partial charge is 0.384 e. The third-order valence-electron chi connectivity index (χ3n) is 3.20. The van der Waals surface area contributed by atoms with E-state index in [1.54, 1.807) is 6.07 Å². The zero-order valence-electron chi connectivity index (χ0n) is 12.4. The summed E-state index contributed by atoms with van der Waals surface area (Å²) in [7, 11) is 2.02. The number of benzene rings is 1. The predicted molar refractivity (Wildman–Crippen MR) is 80.6 cm³/mol. The van der Waals surface area contributed by atoms with Crippen LogP contribution in [0.4, 0.5) is 0 Å². The average molecular weight is 274 g/mol. The van der Waals surface area contributed by atoms with Crippen molar-refractivity contribution in [2.45, 2.75) is 13.8 Å². The average Bonchev–Trinajstić information content (AvgIpc) is 2.45. The zero-order chi connectivity index (χ0) is 15.0. The molecule has 1 aromatic carbocycles. The molecule has 0 saturated carbocycles. The van der Waals surface area contributed by atoms with Gasteiger partial charge in [0.25, 0.3) is 5.91 Å². The molecular formula is C16H22N2O2. The summed E-state index contributed by atoms with van der Waals surface area (Å²) in [6, 6.07) is 5.44. The predicted octanol–water partition coefficient (Wildman–Crippen LogP) is 1.02. The Morgan fingerprint density at radius 3 is 2.85 bits per heavy atom. The normalized spacial score (nSPS) is 10.1. The molecule has 0 aliphatic rings. The topological polar surface area (TPSA) is 52.6 Å². The van der Waals surface area contributed by atoms with Crippen LogP contribution < -0.4 is 5.32 Å². The summed E-state index contributed by atoms with van der Waals surface area (Å²) < 4.78 is 0. The second kappa shape index (κ2) is 8.36. The fraction of sp³-hybridized carbons (Fsp3) is 0.438. The van der Waals surface area contributed by atoms with Crippen molar-refractivity contribution in [2.75, 3.05) is 33.3 Å². The molecule has 4 nitrogen and oxygen atoms in total. The fourth-order valence-electron chi connectivity index (χ4n) is 1.77. The van der Waals surface area contributed by atoms with Crippen LogP contribution in [-0.2, 0) is 0 Å². The van der Waals surface area contributed by atoms with Gasteiger partial charge in [-0.2, -0.15) is 0 Å². The van der Waals surface area contributed by atoms with Gasteiger partial charge in [-0.05, 0) is 38.2 Å². The Hall–Kier alpha value is -1.83. The van der Waals surface area contributed by atoms with Crippen LogP contribution in [0.3, 0.4) is 0 Å². The first-order chi connectivity index (χ1) is 9.60. The summed E-state index contributed by atoms with van der Waals surface area (Å²) in [6.45, 7) is 6.17. The van der Waals surface area contributed by atoms with E-state index in [1.807, 2.05) is 26.1 Å². The van der Waals surface area contributed by atoms with Crippen molar-refractivity contribution in [3.8, 4) is 11.8 Å². The second-order valence-electron chi connectivity index (χ2n) is 4.59. The SMILES string of the molecule is CCN(C)CCNC(=O)c1cccc(C#CCO)c1C. The second-order valence-corrected chi connectivity index (χ2v) is 4.59. The highest BCUT2D eigenvalue weighted by Crippen LogP contribution is 2.12. The van der Waals surface area contributed by atoms with E-state index in [1.165, 1.54) is 0 Å². The maximum Gasteiger partial charge on any atom is 0.251 e. The summed E-state index contributed by atoms with van der Waals surface area (Å²) in [4.78, 5) is 14.3. The van der Waals surface area contributed by atoms with Gasteiger partial charge in [0.1, 0.15) is 6.61 Å². The van der Waals surface area contributed by atoms with E-state index in [4.69, 9.17) is 5.11 Å². The molecule has 1 rings (SSSR count). The first kappa shape index (κ1) is 16.2. The lowest BCUT2D eigenvalue weighted by atomic mass is 10.0. The fourth-order valence-corrected chi connectivity index (χ4v) is 1.77. The van der Waals surface area contributed by atoms with Gasteiger partial charge in [-0.15, -0.1) is 0 Å². The molecule has 0 spiro atoms. The Labute approximate surface area is 120 Å². The lowest BCUT2D eigenvalue weighted by Crippen LogP contribution is -2.33. The maximum atomic E-state index is 12.1. The van der Waals surface area contributed by atoms with Gasteiger partial charge in [0.05, 0.1) is 0 Å². The minimum absolute atomic E-state index is 0.0837. The molecular weight excluding hydrogens is 252 g/mol. The molecule has 20 heavy (non-hydrogen) atoms. The van der Waals surface area contributed by atoms with Crippen LogP contribution in [0, 0.1) is 18.8 Å². The Balaban J connectivity index is 2.73. The molecule has 0 atom stereocenters. The van der Waals surface area contributed by atoms with Crippen molar-refractivity contribution in [3.05, 3.63) is 34.9 Å². The summed E-state index contributed by atoms with van der Waals surface area (Å²) in [5, 5.41) is 11.6. The first-order valence-electron chi connectivity index (χ1n) is 6.76. The molecule has 0 bridgehead atoms. The number of rotatable bonds is 5. The quantitative estimate of drug-likeness (QED) is 0.788. The Morgan fingerprint density at radius 2 is 2.20 bits per heavy atom. The van der Waals surface area contributed by atoms with E-state index in [0.717, 1.165) is 24.2 Å². The van der Waals surface area contributed by atoms with Crippen molar-refractivity contribution in [2.24, 2.45) is 0 Å². The van der Waals surface area contributed by atoms with Gasteiger partial charge in [-0.3, -0.25) is 4.79 Å². The molecule has 0 radical (unpaired) electrons. The van der Waals surface area contributed by atoms with Crippen LogP contribution in [0.15, 0.2) is 18.2 Å². The minimum Gasteiger partial charge on any atom is -0.384 e. The van der Waals surface area contributed by atoms with E-state index in [9.17, 15) is 4.79 Å². The highest BCUT2D eigenvalue weighted by atomic mass is 16.2. The molecule has 1 amide bonds. The summed E-state index contributed by atoms with van der Waals surface area (Å²) in [6.07, 6.45) is 0. The molecule has 4 heteroatoms. The van der Waals surface area contributed by atoms with E-state index in [0.29, 0.717) is 12.1 Å². The number of carbonyl (C=O) groups is 1. The number of aliphatic hydroxyl groups excluding tert-OH is 1. The molecule has 0 unspecified atom stereocenters. The van der Waals surface area contributed by atoms with E-state index >= 15 is 0 Å². The number of aliphatic hydroxyl groups is 1. The van der Waals surface area contributed by atoms with Crippen molar-refractivity contribution >= 4 is 5.91 Å². The van der Waals surface area contributed by atoms with Gasteiger partial charge in [-0.1, -0.05) is 24.8 Å². The maximum absolute atomic E-state index is 12.1. The van der Waals surface area contributed by atoms with Gasteiger partial charge < -0.3 is 15.3 Å². The molecule has 0 heterocycles. The summed E-state index contributed by atoms with van der Waals surface area (Å²) in [5.41, 5.74) is 2.25. The smallest absolute Gasteiger partial charge is 0.251 e. The van der Waals surface area contributed by atoms with E-state index in [-0.39, 0.29) is 12.5 Å². The van der Waals surface area contributed by atoms with Crippen LogP contribution in [-0.4, -0.2) is 49.2 Å². The van der Waals surface area contributed by atoms with Crippen molar-refractivity contribution in [1.82, 2.24) is 10.2 Å². The third-order valence-corrected chi connectivity index (χ3v) is 3.20. The lowest BCUT2D eigenvalue weighted by molar-refractivity contribution is 0.0949. The van der Waals surface area contributed by atoms with Crippen molar-refractivity contribution in [3.63, 3.8) is 0 Å². The van der Waals surface area contributed by atoms with Crippen molar-refractivity contribution in [1.29, 1.82) is 0 Å². The van der Waals surface area contributed by atoms with E-state index < -0.39 is 0 Å². The van der Waals surface area contributed by atoms with Gasteiger partial charge in [0.2, 0.25) is 0 Å². The van der Waals surface area contributed by atoms with E-state index in [2.05, 4.69) is 29.0 Å². The Kier molecular flexibility index (Phi) is 6.78. The van der Waals surface area contributed by atoms with Crippen molar-refractivity contribution < 1.29 is 9.90 Å². The minimum atomic E-state index is -0.181. The van der Waals surface area contributed by atoms with Gasteiger partial charge in [-0.25, -0.2) is 0 Å². The number of likely N-dealkylation sites (N-methyl/N-ethyl adjacent to an activating group) is 1. The number of nitrogens with zero attached hydrogens (tertiary/aromatic N) is 1. The van der Waals surface area contributed by atoms with Gasteiger partial charge in [0.15, 0.2) is 0 Å². The number of amides is 1. The van der Waals surface area contributed by atoms with Gasteiger partial charge in [0, 0.05) is 24.2 Å². The van der Waals surface area contributed by atoms with Gasteiger partial charge >= 0.3 is 0 Å². The molecule has 0 aliphatic carbocycles. The summed E-state index contributed by atoms with van der Waals surface area (Å²) >= 11 is 0. The molecule has 0 aromatic heterocycles. The highest BCUT2D eigenvalue weighted by molar-refractivity contribution is 5.96. The summed E-state index contributed by atoms with van der Waals surface area (Å²) in [5.74, 6) is 5.37. The Morgan fingerprint density at radius 1 is 1.45 bits per heavy atom. The molecule has 0 saturated heterocycles. The van der Waals surface area contributed by atoms with Crippen LogP contribution in [0.5, 0.6) is 0 Å². The molecule has 108 valence electrons. The number of carbonyl (C=O) groups excluding carboxylic acids is 1. The molecule has 0 fully saturated rings. The van der Waals surface area contributed by atoms with Crippen LogP contribution in [0.1, 0.15) is 28.4 Å². The first-order valence-corrected chi connectivity index (χ1v) is 6.76. The lowest BCUT2D eigenvalue weighted by Gasteiger charge is -2.14. The molecule has 0 aliphatic heterocycles. The number of hydrogen-bond donors (Lipinski definition) is 2. The molecule has 2 N–H and O–H groups in total.